The Kier molecular flexibility index (Phi) is 3.99. The summed E-state index contributed by atoms with van der Waals surface area (Å²) in [5.74, 6) is 0. The fraction of sp³-hybridized carbons (Fsp3) is 0.0588. The molecule has 0 aliphatic rings. The molecule has 0 radical (unpaired) electrons. The molecule has 4 rings (SSSR count). The van der Waals surface area contributed by atoms with Gasteiger partial charge in [-0.25, -0.2) is 4.98 Å². The lowest BCUT2D eigenvalue weighted by Crippen LogP contribution is -2.21. The van der Waals surface area contributed by atoms with Gasteiger partial charge in [-0.2, -0.15) is 4.68 Å². The van der Waals surface area contributed by atoms with Crippen LogP contribution in [0, 0.1) is 0 Å². The molecule has 124 valence electrons. The predicted octanol–water partition coefficient (Wildman–Crippen LogP) is 3.33. The molecule has 0 atom stereocenters. The van der Waals surface area contributed by atoms with Crippen molar-refractivity contribution in [2.24, 2.45) is 0 Å². The predicted molar refractivity (Wildman–Crippen MR) is 96.5 cm³/mol. The number of hydrogen-bond donors (Lipinski definition) is 0. The topological polar surface area (TPSA) is 65.6 Å². The van der Waals surface area contributed by atoms with Gasteiger partial charge in [-0.15, -0.1) is 5.10 Å². The van der Waals surface area contributed by atoms with Gasteiger partial charge in [0.05, 0.1) is 12.2 Å². The smallest absolute Gasteiger partial charge is 0.283 e. The summed E-state index contributed by atoms with van der Waals surface area (Å²) in [4.78, 5) is 17.0. The van der Waals surface area contributed by atoms with Crippen molar-refractivity contribution < 1.29 is 0 Å². The van der Waals surface area contributed by atoms with Gasteiger partial charge in [0.25, 0.3) is 5.56 Å². The Morgan fingerprint density at radius 1 is 1.04 bits per heavy atom. The molecule has 8 heteroatoms. The molecule has 0 N–H and O–H groups in total. The number of benzene rings is 2. The minimum Gasteiger partial charge on any atom is -0.293 e. The quantitative estimate of drug-likeness (QED) is 0.553. The molecule has 0 saturated heterocycles. The van der Waals surface area contributed by atoms with Crippen LogP contribution in [0.15, 0.2) is 59.7 Å². The highest BCUT2D eigenvalue weighted by atomic mass is 35.5. The number of nitrogens with zero attached hydrogens (tertiary/aromatic N) is 5. The molecular weight excluding hydrogens is 361 g/mol. The van der Waals surface area contributed by atoms with Gasteiger partial charge in [-0.3, -0.25) is 9.36 Å². The second kappa shape index (κ2) is 6.31. The molecule has 0 unspecified atom stereocenters. The van der Waals surface area contributed by atoms with Crippen molar-refractivity contribution in [3.8, 4) is 5.69 Å². The van der Waals surface area contributed by atoms with Gasteiger partial charge in [0.1, 0.15) is 6.33 Å². The molecule has 0 amide bonds. The van der Waals surface area contributed by atoms with Crippen molar-refractivity contribution in [2.45, 2.75) is 6.54 Å². The van der Waals surface area contributed by atoms with Crippen molar-refractivity contribution >= 4 is 34.4 Å². The highest BCUT2D eigenvalue weighted by Gasteiger charge is 2.14. The summed E-state index contributed by atoms with van der Waals surface area (Å²) in [6.45, 7) is 0.274. The molecule has 0 saturated carbocycles. The second-order valence-corrected chi connectivity index (χ2v) is 6.27. The first-order chi connectivity index (χ1) is 12.1. The molecule has 0 spiro atoms. The maximum atomic E-state index is 12.7. The Labute approximate surface area is 152 Å². The summed E-state index contributed by atoms with van der Waals surface area (Å²) in [6.07, 6.45) is 1.47. The molecule has 0 fully saturated rings. The lowest BCUT2D eigenvalue weighted by Gasteiger charge is -2.07. The number of halogens is 2. The molecule has 0 aliphatic heterocycles. The number of aromatic nitrogens is 5. The van der Waals surface area contributed by atoms with E-state index >= 15 is 0 Å². The van der Waals surface area contributed by atoms with E-state index in [-0.39, 0.29) is 17.6 Å². The van der Waals surface area contributed by atoms with Gasteiger partial charge in [0.2, 0.25) is 0 Å². The lowest BCUT2D eigenvalue weighted by molar-refractivity contribution is 0.745. The summed E-state index contributed by atoms with van der Waals surface area (Å²) in [6, 6.07) is 14.6. The summed E-state index contributed by atoms with van der Waals surface area (Å²) >= 11 is 12.1. The first-order valence-corrected chi connectivity index (χ1v) is 8.19. The SMILES string of the molecule is O=c1c2nnn(-c3ccccc3)c2ncn1Cc1ccc(Cl)cc1Cl. The van der Waals surface area contributed by atoms with E-state index < -0.39 is 0 Å². The average molecular weight is 372 g/mol. The van der Waals surface area contributed by atoms with Crippen LogP contribution in [-0.2, 0) is 6.54 Å². The Morgan fingerprint density at radius 3 is 2.60 bits per heavy atom. The van der Waals surface area contributed by atoms with Crippen molar-refractivity contribution in [1.29, 1.82) is 0 Å². The third-order valence-electron chi connectivity index (χ3n) is 3.79. The zero-order valence-electron chi connectivity index (χ0n) is 12.8. The molecule has 2 aromatic carbocycles. The monoisotopic (exact) mass is 371 g/mol. The summed E-state index contributed by atoms with van der Waals surface area (Å²) in [5, 5.41) is 9.08. The van der Waals surface area contributed by atoms with E-state index in [9.17, 15) is 4.79 Å². The Bertz CT molecular complexity index is 1120. The van der Waals surface area contributed by atoms with Crippen LogP contribution in [0.2, 0.25) is 10.0 Å². The Hall–Kier alpha value is -2.70. The molecule has 4 aromatic rings. The van der Waals surface area contributed by atoms with E-state index in [1.54, 1.807) is 18.2 Å². The fourth-order valence-electron chi connectivity index (χ4n) is 2.53. The van der Waals surface area contributed by atoms with Crippen molar-refractivity contribution in [3.63, 3.8) is 0 Å². The summed E-state index contributed by atoms with van der Waals surface area (Å²) in [7, 11) is 0. The van der Waals surface area contributed by atoms with Gasteiger partial charge < -0.3 is 0 Å². The molecule has 0 bridgehead atoms. The lowest BCUT2D eigenvalue weighted by atomic mass is 10.2. The fourth-order valence-corrected chi connectivity index (χ4v) is 3.00. The molecule has 0 aliphatic carbocycles. The van der Waals surface area contributed by atoms with E-state index in [0.717, 1.165) is 11.3 Å². The normalized spacial score (nSPS) is 11.1. The zero-order valence-corrected chi connectivity index (χ0v) is 14.3. The Balaban J connectivity index is 1.78. The highest BCUT2D eigenvalue weighted by molar-refractivity contribution is 6.35. The van der Waals surface area contributed by atoms with E-state index in [2.05, 4.69) is 15.3 Å². The van der Waals surface area contributed by atoms with Crippen molar-refractivity contribution in [2.75, 3.05) is 0 Å². The number of hydrogen-bond acceptors (Lipinski definition) is 4. The van der Waals surface area contributed by atoms with Gasteiger partial charge in [0, 0.05) is 10.0 Å². The summed E-state index contributed by atoms with van der Waals surface area (Å²) < 4.78 is 2.98. The van der Waals surface area contributed by atoms with Crippen LogP contribution in [0.5, 0.6) is 0 Å². The molecule has 2 aromatic heterocycles. The Morgan fingerprint density at radius 2 is 1.84 bits per heavy atom. The van der Waals surface area contributed by atoms with E-state index in [0.29, 0.717) is 15.7 Å². The molecule has 25 heavy (non-hydrogen) atoms. The first kappa shape index (κ1) is 15.8. The zero-order chi connectivity index (χ0) is 17.4. The van der Waals surface area contributed by atoms with Crippen LogP contribution in [0.3, 0.4) is 0 Å². The molecule has 2 heterocycles. The van der Waals surface area contributed by atoms with Crippen LogP contribution < -0.4 is 5.56 Å². The van der Waals surface area contributed by atoms with Gasteiger partial charge in [0.15, 0.2) is 11.2 Å². The third-order valence-corrected chi connectivity index (χ3v) is 4.37. The maximum Gasteiger partial charge on any atom is 0.283 e. The minimum absolute atomic E-state index is 0.205. The largest absolute Gasteiger partial charge is 0.293 e. The molecular formula is C17H11Cl2N5O. The second-order valence-electron chi connectivity index (χ2n) is 5.42. The van der Waals surface area contributed by atoms with Crippen LogP contribution in [0.25, 0.3) is 16.9 Å². The minimum atomic E-state index is -0.279. The van der Waals surface area contributed by atoms with Crippen LogP contribution in [-0.4, -0.2) is 24.5 Å². The van der Waals surface area contributed by atoms with Crippen LogP contribution >= 0.6 is 23.2 Å². The van der Waals surface area contributed by atoms with E-state index in [4.69, 9.17) is 23.2 Å². The van der Waals surface area contributed by atoms with Gasteiger partial charge in [-0.05, 0) is 29.8 Å². The average Bonchev–Trinajstić information content (AvgIpc) is 3.05. The molecule has 6 nitrogen and oxygen atoms in total. The first-order valence-electron chi connectivity index (χ1n) is 7.44. The summed E-state index contributed by atoms with van der Waals surface area (Å²) in [5.41, 5.74) is 1.89. The van der Waals surface area contributed by atoms with Gasteiger partial charge >= 0.3 is 0 Å². The maximum absolute atomic E-state index is 12.7. The third kappa shape index (κ3) is 2.90. The standard InChI is InChI=1S/C17H11Cl2N5O/c18-12-7-6-11(14(19)8-12)9-23-10-20-16-15(17(23)25)21-22-24(16)13-4-2-1-3-5-13/h1-8,10H,9H2. The number of rotatable bonds is 3. The number of para-hydroxylation sites is 1. The van der Waals surface area contributed by atoms with E-state index in [1.807, 2.05) is 30.3 Å². The number of fused-ring (bicyclic) bond motifs is 1. The van der Waals surface area contributed by atoms with Crippen molar-refractivity contribution in [1.82, 2.24) is 24.5 Å². The van der Waals surface area contributed by atoms with Crippen LogP contribution in [0.1, 0.15) is 5.56 Å². The van der Waals surface area contributed by atoms with E-state index in [1.165, 1.54) is 15.6 Å². The highest BCUT2D eigenvalue weighted by Crippen LogP contribution is 2.21. The van der Waals surface area contributed by atoms with Gasteiger partial charge in [-0.1, -0.05) is 52.7 Å². The van der Waals surface area contributed by atoms with Crippen LogP contribution in [0.4, 0.5) is 0 Å². The van der Waals surface area contributed by atoms with Crippen molar-refractivity contribution in [3.05, 3.63) is 80.8 Å².